The summed E-state index contributed by atoms with van der Waals surface area (Å²) in [6.45, 7) is 12.9. The van der Waals surface area contributed by atoms with E-state index in [1.165, 1.54) is 0 Å². The second-order valence-electron chi connectivity index (χ2n) is 10.8. The van der Waals surface area contributed by atoms with Crippen molar-refractivity contribution in [1.29, 1.82) is 5.41 Å². The molecule has 0 amide bonds. The van der Waals surface area contributed by atoms with Gasteiger partial charge in [0.15, 0.2) is 5.78 Å². The minimum absolute atomic E-state index is 0. The fraction of sp³-hybridized carbons (Fsp3) is 0.462. The Morgan fingerprint density at radius 3 is 2.03 bits per heavy atom. The van der Waals surface area contributed by atoms with E-state index in [4.69, 9.17) is 5.41 Å². The van der Waals surface area contributed by atoms with Crippen molar-refractivity contribution in [2.75, 3.05) is 25.5 Å². The Balaban J connectivity index is 0.00000363. The van der Waals surface area contributed by atoms with Crippen molar-refractivity contribution in [2.45, 2.75) is 58.9 Å². The van der Waals surface area contributed by atoms with Crippen molar-refractivity contribution in [1.82, 2.24) is 4.90 Å². The largest absolute Gasteiger partial charge is 0.507 e. The number of carbonyl (C=O) groups excluding carboxylic acids is 1. The summed E-state index contributed by atoms with van der Waals surface area (Å²) in [5.41, 5.74) is 4.60. The van der Waals surface area contributed by atoms with Crippen molar-refractivity contribution < 1.29 is 9.90 Å². The smallest absolute Gasteiger partial charge is 0.182 e. The maximum atomic E-state index is 13.3. The zero-order valence-corrected chi connectivity index (χ0v) is 22.2. The van der Waals surface area contributed by atoms with Crippen LogP contribution >= 0.6 is 17.0 Å². The van der Waals surface area contributed by atoms with Crippen LogP contribution in [-0.4, -0.2) is 42.3 Å². The molecule has 2 aromatic rings. The number of aromatic hydroxyl groups is 1. The Labute approximate surface area is 202 Å². The van der Waals surface area contributed by atoms with Gasteiger partial charge >= 0.3 is 0 Å². The molecular formula is C26H36BrN3O2. The maximum absolute atomic E-state index is 13.3. The number of halogens is 1. The zero-order chi connectivity index (χ0) is 23.3. The van der Waals surface area contributed by atoms with Gasteiger partial charge < -0.3 is 14.9 Å². The Morgan fingerprint density at radius 1 is 1.03 bits per heavy atom. The van der Waals surface area contributed by atoms with E-state index >= 15 is 0 Å². The van der Waals surface area contributed by atoms with Crippen LogP contribution in [0.25, 0.3) is 0 Å². The van der Waals surface area contributed by atoms with Gasteiger partial charge in [-0.2, -0.15) is 0 Å². The first-order chi connectivity index (χ1) is 14.2. The van der Waals surface area contributed by atoms with Crippen LogP contribution in [0, 0.1) is 5.41 Å². The quantitative estimate of drug-likeness (QED) is 0.530. The minimum atomic E-state index is -0.292. The highest BCUT2D eigenvalue weighted by molar-refractivity contribution is 8.93. The second-order valence-corrected chi connectivity index (χ2v) is 10.8. The number of phenols is 1. The highest BCUT2D eigenvalue weighted by atomic mass is 79.9. The molecule has 1 aliphatic heterocycles. The van der Waals surface area contributed by atoms with Crippen LogP contribution in [0.2, 0.25) is 0 Å². The zero-order valence-electron chi connectivity index (χ0n) is 20.5. The predicted molar refractivity (Wildman–Crippen MR) is 138 cm³/mol. The molecule has 6 heteroatoms. The van der Waals surface area contributed by atoms with E-state index in [9.17, 15) is 9.90 Å². The van der Waals surface area contributed by atoms with Crippen LogP contribution in [0.1, 0.15) is 74.2 Å². The average molecular weight is 502 g/mol. The Morgan fingerprint density at radius 2 is 1.56 bits per heavy atom. The highest BCUT2D eigenvalue weighted by Gasteiger charge is 2.30. The van der Waals surface area contributed by atoms with E-state index in [-0.39, 0.29) is 45.9 Å². The molecule has 0 aliphatic carbocycles. The normalized spacial score (nSPS) is 13.6. The molecule has 1 aliphatic rings. The molecule has 0 radical (unpaired) electrons. The molecule has 0 spiro atoms. The monoisotopic (exact) mass is 501 g/mol. The summed E-state index contributed by atoms with van der Waals surface area (Å²) in [7, 11) is 3.99. The lowest BCUT2D eigenvalue weighted by molar-refractivity contribution is 0.0962. The van der Waals surface area contributed by atoms with E-state index < -0.39 is 0 Å². The van der Waals surface area contributed by atoms with Crippen LogP contribution in [-0.2, 0) is 17.4 Å². The summed E-state index contributed by atoms with van der Waals surface area (Å²) in [6, 6.07) is 9.70. The van der Waals surface area contributed by atoms with Crippen molar-refractivity contribution >= 4 is 34.3 Å². The molecule has 0 aromatic heterocycles. The summed E-state index contributed by atoms with van der Waals surface area (Å²) < 4.78 is 0. The van der Waals surface area contributed by atoms with Gasteiger partial charge in [-0.1, -0.05) is 41.5 Å². The van der Waals surface area contributed by atoms with Gasteiger partial charge in [0.2, 0.25) is 0 Å². The summed E-state index contributed by atoms with van der Waals surface area (Å²) in [6.07, 6.45) is 0. The topological polar surface area (TPSA) is 67.6 Å². The van der Waals surface area contributed by atoms with E-state index in [1.807, 2.05) is 89.7 Å². The fourth-order valence-electron chi connectivity index (χ4n) is 4.01. The van der Waals surface area contributed by atoms with E-state index in [0.717, 1.165) is 27.9 Å². The number of fused-ring (bicyclic) bond motifs is 1. The number of carbonyl (C=O) groups is 1. The number of hydrogen-bond donors (Lipinski definition) is 2. The third kappa shape index (κ3) is 5.01. The van der Waals surface area contributed by atoms with Gasteiger partial charge in [0, 0.05) is 48.6 Å². The van der Waals surface area contributed by atoms with E-state index in [2.05, 4.69) is 6.07 Å². The van der Waals surface area contributed by atoms with Crippen LogP contribution in [0.4, 0.5) is 5.69 Å². The minimum Gasteiger partial charge on any atom is -0.507 e. The highest BCUT2D eigenvalue weighted by Crippen LogP contribution is 2.40. The van der Waals surface area contributed by atoms with Gasteiger partial charge in [-0.25, -0.2) is 0 Å². The molecule has 2 N–H and O–H groups in total. The molecule has 0 saturated carbocycles. The summed E-state index contributed by atoms with van der Waals surface area (Å²) in [4.78, 5) is 17.2. The predicted octanol–water partition coefficient (Wildman–Crippen LogP) is 5.65. The molecular weight excluding hydrogens is 466 g/mol. The molecule has 0 unspecified atom stereocenters. The van der Waals surface area contributed by atoms with Crippen molar-refractivity contribution in [3.63, 3.8) is 0 Å². The number of amidine groups is 1. The van der Waals surface area contributed by atoms with Crippen molar-refractivity contribution in [3.8, 4) is 5.75 Å². The fourth-order valence-corrected chi connectivity index (χ4v) is 4.01. The number of hydrogen-bond acceptors (Lipinski definition) is 4. The first kappa shape index (κ1) is 25.9. The molecule has 5 nitrogen and oxygen atoms in total. The van der Waals surface area contributed by atoms with Crippen molar-refractivity contribution in [3.05, 3.63) is 58.1 Å². The third-order valence-electron chi connectivity index (χ3n) is 5.92. The standard InChI is InChI=1S/C26H35N3O2.BrH/c1-25(2,3)20-12-16(13-21(23(20)31)26(4,5)6)22(30)15-29-14-17-11-18(28(7)8)9-10-19(17)24(29)27;/h9-13,27,31H,14-15H2,1-8H3;1H. The van der Waals surface area contributed by atoms with Crippen LogP contribution in [0.3, 0.4) is 0 Å². The van der Waals surface area contributed by atoms with Gasteiger partial charge in [-0.05, 0) is 46.7 Å². The molecule has 0 fully saturated rings. The molecule has 3 rings (SSSR count). The summed E-state index contributed by atoms with van der Waals surface area (Å²) in [5, 5.41) is 19.5. The first-order valence-electron chi connectivity index (χ1n) is 10.8. The lowest BCUT2D eigenvalue weighted by Crippen LogP contribution is -2.30. The number of rotatable bonds is 4. The van der Waals surface area contributed by atoms with E-state index in [1.54, 1.807) is 0 Å². The summed E-state index contributed by atoms with van der Waals surface area (Å²) >= 11 is 0. The number of phenolic OH excluding ortho intramolecular Hbond substituents is 1. The number of Topliss-reactive ketones (excluding diaryl/α,β-unsaturated/α-hetero) is 1. The molecule has 0 atom stereocenters. The lowest BCUT2D eigenvalue weighted by atomic mass is 9.78. The second kappa shape index (κ2) is 8.89. The molecule has 0 saturated heterocycles. The van der Waals surface area contributed by atoms with Crippen LogP contribution in [0.15, 0.2) is 30.3 Å². The van der Waals surface area contributed by atoms with Gasteiger partial charge in [0.25, 0.3) is 0 Å². The van der Waals surface area contributed by atoms with Gasteiger partial charge in [0.1, 0.15) is 11.6 Å². The Hall–Kier alpha value is -2.34. The summed E-state index contributed by atoms with van der Waals surface area (Å²) in [5.74, 6) is 0.620. The number of nitrogens with zero attached hydrogens (tertiary/aromatic N) is 2. The van der Waals surface area contributed by atoms with Gasteiger partial charge in [-0.3, -0.25) is 10.2 Å². The van der Waals surface area contributed by atoms with E-state index in [0.29, 0.717) is 17.9 Å². The number of ketones is 1. The molecule has 32 heavy (non-hydrogen) atoms. The number of benzene rings is 2. The lowest BCUT2D eigenvalue weighted by Gasteiger charge is -2.28. The van der Waals surface area contributed by atoms with Crippen LogP contribution in [0.5, 0.6) is 5.75 Å². The molecule has 174 valence electrons. The molecule has 2 aromatic carbocycles. The maximum Gasteiger partial charge on any atom is 0.182 e. The number of anilines is 1. The SMILES string of the molecule is Br.CN(C)c1ccc2c(c1)CN(CC(=O)c1cc(C(C)(C)C)c(O)c(C(C)(C)C)c1)C2=N. The van der Waals surface area contributed by atoms with Gasteiger partial charge in [-0.15, -0.1) is 17.0 Å². The third-order valence-corrected chi connectivity index (χ3v) is 5.92. The number of nitrogens with one attached hydrogen (secondary N) is 1. The first-order valence-corrected chi connectivity index (χ1v) is 10.8. The Bertz CT molecular complexity index is 1010. The van der Waals surface area contributed by atoms with Crippen molar-refractivity contribution in [2.24, 2.45) is 0 Å². The Kier molecular flexibility index (Phi) is 7.20. The van der Waals surface area contributed by atoms with Gasteiger partial charge in [0.05, 0.1) is 6.54 Å². The molecule has 1 heterocycles. The molecule has 0 bridgehead atoms. The van der Waals surface area contributed by atoms with Crippen LogP contribution < -0.4 is 4.90 Å². The average Bonchev–Trinajstić information content (AvgIpc) is 2.94.